The topological polar surface area (TPSA) is 142 Å². The van der Waals surface area contributed by atoms with Crippen LogP contribution in [0.4, 0.5) is 13.2 Å². The van der Waals surface area contributed by atoms with Crippen LogP contribution in [0.25, 0.3) is 11.4 Å². The summed E-state index contributed by atoms with van der Waals surface area (Å²) >= 11 is 0. The Morgan fingerprint density at radius 2 is 1.57 bits per heavy atom. The number of halogens is 3. The molecule has 1 saturated heterocycles. The first-order chi connectivity index (χ1) is 16.6. The number of amides is 1. The molecule has 2 heterocycles. The number of methoxy groups -OCH3 is 1. The molecule has 0 spiro atoms. The summed E-state index contributed by atoms with van der Waals surface area (Å²) in [4.78, 5) is 26.3. The molecule has 0 unspecified atom stereocenters. The summed E-state index contributed by atoms with van der Waals surface area (Å²) in [6.45, 7) is 1.38. The van der Waals surface area contributed by atoms with Gasteiger partial charge in [-0.15, -0.1) is 20.4 Å². The Hall–Kier alpha value is -3.97. The number of benzene rings is 2. The highest BCUT2D eigenvalue weighted by atomic mass is 19.4. The second kappa shape index (κ2) is 9.35. The standard InChI is InChI=1S/C22H20F3N7O3/c1-13-26-28-19(29-27-13)15-5-3-14(4-6-15)11-32(12-18(33)35-2)20(34)16-7-9-17(10-8-16)21(30-31-21)22(23,24)25/h3-10,30-31H,11-12H2,1-2H3. The number of ether oxygens (including phenoxy) is 1. The maximum absolute atomic E-state index is 13.3. The van der Waals surface area contributed by atoms with Crippen LogP contribution in [-0.2, 0) is 21.7 Å². The van der Waals surface area contributed by atoms with Gasteiger partial charge in [-0.1, -0.05) is 36.4 Å². The van der Waals surface area contributed by atoms with E-state index in [4.69, 9.17) is 4.74 Å². The molecule has 0 bridgehead atoms. The first kappa shape index (κ1) is 24.2. The minimum absolute atomic E-state index is 0.0524. The quantitative estimate of drug-likeness (QED) is 0.377. The van der Waals surface area contributed by atoms with Gasteiger partial charge < -0.3 is 9.64 Å². The van der Waals surface area contributed by atoms with Gasteiger partial charge in [-0.3, -0.25) is 9.59 Å². The van der Waals surface area contributed by atoms with Gasteiger partial charge >= 0.3 is 12.1 Å². The number of hydrazine groups is 1. The zero-order valence-corrected chi connectivity index (χ0v) is 18.6. The lowest BCUT2D eigenvalue weighted by molar-refractivity contribution is -0.165. The Morgan fingerprint density at radius 1 is 0.971 bits per heavy atom. The van der Waals surface area contributed by atoms with Gasteiger partial charge in [-0.25, -0.2) is 10.9 Å². The van der Waals surface area contributed by atoms with Crippen molar-refractivity contribution in [1.82, 2.24) is 36.1 Å². The number of carbonyl (C=O) groups excluding carboxylic acids is 2. The number of carbonyl (C=O) groups is 2. The maximum atomic E-state index is 13.3. The Kier molecular flexibility index (Phi) is 6.45. The molecule has 1 aliphatic rings. The van der Waals surface area contributed by atoms with E-state index in [9.17, 15) is 22.8 Å². The smallest absolute Gasteiger partial charge is 0.426 e. The van der Waals surface area contributed by atoms with Crippen LogP contribution in [0.3, 0.4) is 0 Å². The van der Waals surface area contributed by atoms with E-state index in [0.29, 0.717) is 22.8 Å². The van der Waals surface area contributed by atoms with Crippen molar-refractivity contribution in [2.24, 2.45) is 0 Å². The number of nitrogens with one attached hydrogen (secondary N) is 2. The molecule has 10 nitrogen and oxygen atoms in total. The van der Waals surface area contributed by atoms with Crippen LogP contribution in [0.1, 0.15) is 27.3 Å². The van der Waals surface area contributed by atoms with Crippen molar-refractivity contribution in [2.75, 3.05) is 13.7 Å². The minimum atomic E-state index is -4.56. The average Bonchev–Trinajstić information content (AvgIpc) is 3.67. The molecule has 182 valence electrons. The molecule has 0 atom stereocenters. The normalized spacial score (nSPS) is 14.3. The van der Waals surface area contributed by atoms with E-state index in [-0.39, 0.29) is 24.2 Å². The number of esters is 1. The Morgan fingerprint density at radius 3 is 2.09 bits per heavy atom. The van der Waals surface area contributed by atoms with E-state index in [2.05, 4.69) is 31.2 Å². The fourth-order valence-electron chi connectivity index (χ4n) is 3.35. The van der Waals surface area contributed by atoms with Gasteiger partial charge in [0.2, 0.25) is 11.5 Å². The Bertz CT molecular complexity index is 1210. The molecule has 3 aromatic rings. The number of hydrogen-bond acceptors (Lipinski definition) is 9. The predicted molar refractivity (Wildman–Crippen MR) is 115 cm³/mol. The van der Waals surface area contributed by atoms with Crippen molar-refractivity contribution in [2.45, 2.75) is 25.3 Å². The monoisotopic (exact) mass is 487 g/mol. The largest absolute Gasteiger partial charge is 0.468 e. The zero-order valence-electron chi connectivity index (χ0n) is 18.6. The van der Waals surface area contributed by atoms with Gasteiger partial charge in [0, 0.05) is 17.7 Å². The number of alkyl halides is 3. The second-order valence-electron chi connectivity index (χ2n) is 7.78. The number of nitrogens with zero attached hydrogens (tertiary/aromatic N) is 5. The van der Waals surface area contributed by atoms with E-state index in [1.165, 1.54) is 36.3 Å². The fraction of sp³-hybridized carbons (Fsp3) is 0.273. The molecular weight excluding hydrogens is 467 g/mol. The first-order valence-electron chi connectivity index (χ1n) is 10.3. The van der Waals surface area contributed by atoms with E-state index in [1.807, 2.05) is 0 Å². The number of aryl methyl sites for hydroxylation is 1. The minimum Gasteiger partial charge on any atom is -0.468 e. The van der Waals surface area contributed by atoms with Gasteiger partial charge in [0.1, 0.15) is 6.54 Å². The molecule has 1 fully saturated rings. The van der Waals surface area contributed by atoms with Crippen LogP contribution in [0, 0.1) is 6.92 Å². The van der Waals surface area contributed by atoms with Crippen molar-refractivity contribution < 1.29 is 27.5 Å². The lowest BCUT2D eigenvalue weighted by Crippen LogP contribution is -2.36. The highest BCUT2D eigenvalue weighted by molar-refractivity contribution is 5.96. The first-order valence-corrected chi connectivity index (χ1v) is 10.3. The number of hydrogen-bond donors (Lipinski definition) is 2. The van der Waals surface area contributed by atoms with E-state index >= 15 is 0 Å². The van der Waals surface area contributed by atoms with E-state index in [0.717, 1.165) is 0 Å². The summed E-state index contributed by atoms with van der Waals surface area (Å²) in [7, 11) is 1.20. The van der Waals surface area contributed by atoms with Gasteiger partial charge in [0.25, 0.3) is 5.91 Å². The lowest BCUT2D eigenvalue weighted by atomic mass is 10.0. The molecule has 2 aromatic carbocycles. The highest BCUT2D eigenvalue weighted by Crippen LogP contribution is 2.42. The van der Waals surface area contributed by atoms with E-state index in [1.54, 1.807) is 31.2 Å². The molecule has 35 heavy (non-hydrogen) atoms. The average molecular weight is 487 g/mol. The van der Waals surface area contributed by atoms with E-state index < -0.39 is 23.7 Å². The van der Waals surface area contributed by atoms with Crippen LogP contribution >= 0.6 is 0 Å². The Labute approximate surface area is 197 Å². The van der Waals surface area contributed by atoms with Crippen LogP contribution < -0.4 is 10.9 Å². The molecule has 0 aliphatic carbocycles. The zero-order chi connectivity index (χ0) is 25.2. The molecule has 1 aliphatic heterocycles. The van der Waals surface area contributed by atoms with Crippen molar-refractivity contribution >= 4 is 11.9 Å². The summed E-state index contributed by atoms with van der Waals surface area (Å²) in [6.07, 6.45) is -4.56. The van der Waals surface area contributed by atoms with Gasteiger partial charge in [0.15, 0.2) is 5.82 Å². The van der Waals surface area contributed by atoms with Crippen molar-refractivity contribution in [1.29, 1.82) is 0 Å². The van der Waals surface area contributed by atoms with Crippen LogP contribution in [0.15, 0.2) is 48.5 Å². The second-order valence-corrected chi connectivity index (χ2v) is 7.78. The van der Waals surface area contributed by atoms with Gasteiger partial charge in [-0.2, -0.15) is 13.2 Å². The molecule has 13 heteroatoms. The molecular formula is C22H20F3N7O3. The molecule has 0 saturated carbocycles. The third-order valence-electron chi connectivity index (χ3n) is 5.36. The third kappa shape index (κ3) is 5.10. The Balaban J connectivity index is 1.52. The van der Waals surface area contributed by atoms with Crippen LogP contribution in [0.2, 0.25) is 0 Å². The van der Waals surface area contributed by atoms with Gasteiger partial charge in [0.05, 0.1) is 7.11 Å². The summed E-state index contributed by atoms with van der Waals surface area (Å²) in [5.41, 5.74) is 3.29. The molecule has 0 radical (unpaired) electrons. The molecule has 1 aromatic heterocycles. The lowest BCUT2D eigenvalue weighted by Gasteiger charge is -2.22. The van der Waals surface area contributed by atoms with Crippen LogP contribution in [0.5, 0.6) is 0 Å². The van der Waals surface area contributed by atoms with Crippen LogP contribution in [-0.4, -0.2) is 57.0 Å². The SMILES string of the molecule is COC(=O)CN(Cc1ccc(-c2nnc(C)nn2)cc1)C(=O)c1ccc(C2(C(F)(F)F)NN2)cc1. The van der Waals surface area contributed by atoms with Crippen molar-refractivity contribution in [3.8, 4) is 11.4 Å². The fourth-order valence-corrected chi connectivity index (χ4v) is 3.35. The van der Waals surface area contributed by atoms with Crippen molar-refractivity contribution in [3.63, 3.8) is 0 Å². The highest BCUT2D eigenvalue weighted by Gasteiger charge is 2.65. The molecule has 2 N–H and O–H groups in total. The third-order valence-corrected chi connectivity index (χ3v) is 5.36. The summed E-state index contributed by atoms with van der Waals surface area (Å²) in [5, 5.41) is 15.7. The maximum Gasteiger partial charge on any atom is 0.426 e. The summed E-state index contributed by atoms with van der Waals surface area (Å²) in [5.74, 6) is -0.409. The van der Waals surface area contributed by atoms with Gasteiger partial charge in [-0.05, 0) is 30.2 Å². The van der Waals surface area contributed by atoms with Crippen molar-refractivity contribution in [3.05, 3.63) is 71.0 Å². The number of aromatic nitrogens is 4. The summed E-state index contributed by atoms with van der Waals surface area (Å²) in [6, 6.07) is 11.9. The molecule has 4 rings (SSSR count). The number of rotatable bonds is 7. The summed E-state index contributed by atoms with van der Waals surface area (Å²) < 4.78 is 44.5. The molecule has 1 amide bonds. The predicted octanol–water partition coefficient (Wildman–Crippen LogP) is 1.88.